The van der Waals surface area contributed by atoms with E-state index in [0.29, 0.717) is 51.6 Å². The van der Waals surface area contributed by atoms with E-state index in [9.17, 15) is 43.8 Å². The van der Waals surface area contributed by atoms with Crippen molar-refractivity contribution in [3.63, 3.8) is 0 Å². The molecule has 3 fully saturated rings. The summed E-state index contributed by atoms with van der Waals surface area (Å²) in [5, 5.41) is 34.6. The number of carbonyl (C=O) groups is 7. The lowest BCUT2D eigenvalue weighted by atomic mass is 10.1. The molecule has 3 rings (SSSR count). The van der Waals surface area contributed by atoms with Crippen molar-refractivity contribution < 1.29 is 48.9 Å². The van der Waals surface area contributed by atoms with Crippen molar-refractivity contribution in [3.8, 4) is 0 Å². The number of carboxylic acids is 1. The quantitative estimate of drug-likeness (QED) is 0.111. The van der Waals surface area contributed by atoms with E-state index in [0.717, 1.165) is 0 Å². The number of hydrogen-bond acceptors (Lipinski definition) is 10. The first kappa shape index (κ1) is 33.7. The zero-order valence-corrected chi connectivity index (χ0v) is 24.1. The molecule has 0 unspecified atom stereocenters. The topological polar surface area (TPSA) is 252 Å². The Morgan fingerprint density at radius 1 is 0.767 bits per heavy atom. The van der Waals surface area contributed by atoms with Gasteiger partial charge in [-0.2, -0.15) is 0 Å². The van der Waals surface area contributed by atoms with Gasteiger partial charge in [0.05, 0.1) is 19.8 Å². The van der Waals surface area contributed by atoms with Gasteiger partial charge in [0.15, 0.2) is 0 Å². The van der Waals surface area contributed by atoms with E-state index in [2.05, 4.69) is 16.0 Å². The normalized spacial score (nSPS) is 23.8. The number of rotatable bonds is 12. The Bertz CT molecular complexity index is 1100. The van der Waals surface area contributed by atoms with Crippen LogP contribution in [-0.4, -0.2) is 147 Å². The molecular formula is C26H41N7O10. The van der Waals surface area contributed by atoms with Gasteiger partial charge in [-0.1, -0.05) is 0 Å². The average Bonchev–Trinajstić information content (AvgIpc) is 3.77. The maximum absolute atomic E-state index is 13.6. The molecular weight excluding hydrogens is 570 g/mol. The highest BCUT2D eigenvalue weighted by Crippen LogP contribution is 2.28. The summed E-state index contributed by atoms with van der Waals surface area (Å²) in [5.41, 5.74) is 5.37. The molecule has 17 heteroatoms. The van der Waals surface area contributed by atoms with E-state index < -0.39 is 97.4 Å². The molecule has 3 aliphatic rings. The van der Waals surface area contributed by atoms with Gasteiger partial charge in [0.2, 0.25) is 35.4 Å². The zero-order chi connectivity index (χ0) is 31.8. The molecule has 0 saturated carbocycles. The molecule has 0 aromatic rings. The number of hydrogen-bond donors (Lipinski definition) is 7. The van der Waals surface area contributed by atoms with Crippen LogP contribution in [0, 0.1) is 0 Å². The zero-order valence-electron chi connectivity index (χ0n) is 24.1. The van der Waals surface area contributed by atoms with E-state index >= 15 is 0 Å². The van der Waals surface area contributed by atoms with Gasteiger partial charge in [-0.05, 0) is 45.4 Å². The number of aliphatic carboxylic acids is 1. The molecule has 0 aromatic heterocycles. The van der Waals surface area contributed by atoms with Crippen LogP contribution in [0.1, 0.15) is 45.4 Å². The third kappa shape index (κ3) is 7.97. The van der Waals surface area contributed by atoms with Crippen LogP contribution in [0.4, 0.5) is 0 Å². The number of aliphatic hydroxyl groups excluding tert-OH is 2. The summed E-state index contributed by atoms with van der Waals surface area (Å²) in [6, 6.07) is -6.34. The van der Waals surface area contributed by atoms with E-state index in [1.54, 1.807) is 0 Å². The second kappa shape index (κ2) is 15.1. The van der Waals surface area contributed by atoms with Crippen molar-refractivity contribution in [1.29, 1.82) is 0 Å². The first-order valence-corrected chi connectivity index (χ1v) is 14.4. The number of nitrogens with one attached hydrogen (secondary N) is 3. The number of nitrogens with zero attached hydrogens (tertiary/aromatic N) is 3. The fourth-order valence-electron chi connectivity index (χ4n) is 5.69. The van der Waals surface area contributed by atoms with Crippen LogP contribution in [0.5, 0.6) is 0 Å². The van der Waals surface area contributed by atoms with Crippen LogP contribution in [0.3, 0.4) is 0 Å². The Hall–Kier alpha value is -3.83. The smallest absolute Gasteiger partial charge is 0.326 e. The summed E-state index contributed by atoms with van der Waals surface area (Å²) in [7, 11) is 0. The van der Waals surface area contributed by atoms with Crippen LogP contribution in [0.25, 0.3) is 0 Å². The van der Waals surface area contributed by atoms with Crippen LogP contribution < -0.4 is 21.7 Å². The van der Waals surface area contributed by atoms with Crippen molar-refractivity contribution in [1.82, 2.24) is 30.7 Å². The highest BCUT2D eigenvalue weighted by molar-refractivity contribution is 5.96. The molecule has 0 spiro atoms. The SMILES string of the molecule is C[C@H](NC(=O)CNC(=O)[C@H](CO)NC(=O)[C@@H](N)CO)C(=O)N1CCC[C@H]1C(=O)N1CCC[C@H]1C(=O)N1CCC[C@H]1C(=O)O. The fourth-order valence-corrected chi connectivity index (χ4v) is 5.69. The molecule has 8 N–H and O–H groups in total. The monoisotopic (exact) mass is 611 g/mol. The third-order valence-corrected chi connectivity index (χ3v) is 7.98. The minimum atomic E-state index is -1.42. The standard InChI is InChI=1S/C26H41N7O10/c1-14(29-20(36)11-28-22(38)16(13-35)30-21(37)15(27)12-34)23(39)31-8-2-5-17(31)24(40)32-9-3-6-18(32)25(41)33-10-4-7-19(33)26(42)43/h14-19,34-35H,2-13,27H2,1H3,(H,28,38)(H,29,36)(H,30,37)(H,42,43)/t14-,15-,16-,17-,18-,19-/m0/s1. The van der Waals surface area contributed by atoms with Crippen LogP contribution in [0.15, 0.2) is 0 Å². The summed E-state index contributed by atoms with van der Waals surface area (Å²) in [4.78, 5) is 92.3. The lowest BCUT2D eigenvalue weighted by Crippen LogP contribution is -2.57. The Morgan fingerprint density at radius 2 is 1.28 bits per heavy atom. The molecule has 6 amide bonds. The first-order valence-electron chi connectivity index (χ1n) is 14.4. The molecule has 0 radical (unpaired) electrons. The number of carboxylic acid groups (broad SMARTS) is 1. The third-order valence-electron chi connectivity index (χ3n) is 7.98. The summed E-state index contributed by atoms with van der Waals surface area (Å²) < 4.78 is 0. The predicted molar refractivity (Wildman–Crippen MR) is 147 cm³/mol. The van der Waals surface area contributed by atoms with Crippen LogP contribution in [0.2, 0.25) is 0 Å². The minimum Gasteiger partial charge on any atom is -0.480 e. The van der Waals surface area contributed by atoms with Gasteiger partial charge >= 0.3 is 5.97 Å². The van der Waals surface area contributed by atoms with Crippen molar-refractivity contribution >= 4 is 41.4 Å². The van der Waals surface area contributed by atoms with Gasteiger partial charge in [0, 0.05) is 19.6 Å². The van der Waals surface area contributed by atoms with Crippen LogP contribution >= 0.6 is 0 Å². The Balaban J connectivity index is 1.55. The number of amides is 6. The maximum atomic E-state index is 13.6. The molecule has 0 bridgehead atoms. The highest BCUT2D eigenvalue weighted by atomic mass is 16.4. The Labute approximate surface area is 248 Å². The molecule has 3 saturated heterocycles. The lowest BCUT2D eigenvalue weighted by molar-refractivity contribution is -0.153. The maximum Gasteiger partial charge on any atom is 0.326 e. The number of aliphatic hydroxyl groups is 2. The van der Waals surface area contributed by atoms with Gasteiger partial charge in [-0.15, -0.1) is 0 Å². The molecule has 6 atom stereocenters. The second-order valence-electron chi connectivity index (χ2n) is 10.9. The van der Waals surface area contributed by atoms with Gasteiger partial charge in [-0.25, -0.2) is 4.79 Å². The molecule has 0 aromatic carbocycles. The van der Waals surface area contributed by atoms with E-state index in [1.165, 1.54) is 21.6 Å². The lowest BCUT2D eigenvalue weighted by Gasteiger charge is -2.34. The van der Waals surface area contributed by atoms with Crippen molar-refractivity contribution in [2.24, 2.45) is 5.73 Å². The molecule has 17 nitrogen and oxygen atoms in total. The van der Waals surface area contributed by atoms with E-state index in [4.69, 9.17) is 10.8 Å². The van der Waals surface area contributed by atoms with Gasteiger partial charge in [0.25, 0.3) is 0 Å². The van der Waals surface area contributed by atoms with E-state index in [-0.39, 0.29) is 6.54 Å². The van der Waals surface area contributed by atoms with Crippen molar-refractivity contribution in [2.75, 3.05) is 39.4 Å². The number of nitrogens with two attached hydrogens (primary N) is 1. The number of likely N-dealkylation sites (tertiary alicyclic amines) is 3. The highest BCUT2D eigenvalue weighted by Gasteiger charge is 2.46. The Morgan fingerprint density at radius 3 is 1.81 bits per heavy atom. The number of carbonyl (C=O) groups excluding carboxylic acids is 6. The fraction of sp³-hybridized carbons (Fsp3) is 0.731. The molecule has 240 valence electrons. The average molecular weight is 612 g/mol. The molecule has 43 heavy (non-hydrogen) atoms. The minimum absolute atomic E-state index is 0.264. The van der Waals surface area contributed by atoms with Crippen molar-refractivity contribution in [2.45, 2.75) is 81.7 Å². The molecule has 0 aliphatic carbocycles. The molecule has 3 heterocycles. The summed E-state index contributed by atoms with van der Waals surface area (Å²) in [6.45, 7) is 0.267. The van der Waals surface area contributed by atoms with E-state index in [1.807, 2.05) is 0 Å². The first-order chi connectivity index (χ1) is 20.4. The summed E-state index contributed by atoms with van der Waals surface area (Å²) in [5.74, 6) is -4.90. The van der Waals surface area contributed by atoms with Gasteiger partial charge in [0.1, 0.15) is 36.3 Å². The predicted octanol–water partition coefficient (Wildman–Crippen LogP) is -4.54. The van der Waals surface area contributed by atoms with Gasteiger partial charge < -0.3 is 51.7 Å². The van der Waals surface area contributed by atoms with Crippen LogP contribution in [-0.2, 0) is 33.6 Å². The van der Waals surface area contributed by atoms with Gasteiger partial charge in [-0.3, -0.25) is 28.8 Å². The Kier molecular flexibility index (Phi) is 11.8. The summed E-state index contributed by atoms with van der Waals surface area (Å²) >= 11 is 0. The molecule has 3 aliphatic heterocycles. The second-order valence-corrected chi connectivity index (χ2v) is 10.9. The summed E-state index contributed by atoms with van der Waals surface area (Å²) in [6.07, 6.45) is 2.81. The van der Waals surface area contributed by atoms with Crippen molar-refractivity contribution in [3.05, 3.63) is 0 Å². The largest absolute Gasteiger partial charge is 0.480 e.